The number of amides is 1. The van der Waals surface area contributed by atoms with E-state index in [1.54, 1.807) is 12.4 Å². The fourth-order valence-electron chi connectivity index (χ4n) is 4.76. The van der Waals surface area contributed by atoms with Gasteiger partial charge in [0.25, 0.3) is 0 Å². The Morgan fingerprint density at radius 3 is 2.50 bits per heavy atom. The Kier molecular flexibility index (Phi) is 4.86. The molecule has 1 aromatic heterocycles. The summed E-state index contributed by atoms with van der Waals surface area (Å²) in [4.78, 5) is 32.3. The first kappa shape index (κ1) is 18.9. The molecular weight excluding hydrogens is 352 g/mol. The molecule has 2 aliphatic rings. The normalized spacial score (nSPS) is 24.8. The minimum absolute atomic E-state index is 0.0557. The number of benzene rings is 1. The van der Waals surface area contributed by atoms with E-state index in [2.05, 4.69) is 4.98 Å². The first-order valence-corrected chi connectivity index (χ1v) is 10.2. The summed E-state index contributed by atoms with van der Waals surface area (Å²) in [6, 6.07) is 7.96. The molecule has 2 aromatic rings. The maximum Gasteiger partial charge on any atom is 0.410 e. The molecule has 0 N–H and O–H groups in total. The van der Waals surface area contributed by atoms with Gasteiger partial charge in [0.1, 0.15) is 5.60 Å². The molecule has 1 aromatic carbocycles. The molecule has 0 aliphatic carbocycles. The topological polar surface area (TPSA) is 59.5 Å². The molecule has 2 saturated heterocycles. The standard InChI is InChI=1S/C23H28N2O3/c1-23(2,3)28-22(27)25-17-7-5-8-18(25)13-16(12-17)21(26)19-9-4-6-15-10-11-24-14-20(15)19/h4,6,9-11,14,16-18H,5,7-8,12-13H2,1-3H3. The molecule has 28 heavy (non-hydrogen) atoms. The van der Waals surface area contributed by atoms with E-state index in [9.17, 15) is 9.59 Å². The number of hydrogen-bond donors (Lipinski definition) is 0. The van der Waals surface area contributed by atoms with E-state index < -0.39 is 5.60 Å². The highest BCUT2D eigenvalue weighted by atomic mass is 16.6. The summed E-state index contributed by atoms with van der Waals surface area (Å²) in [5.74, 6) is 0.124. The molecule has 5 nitrogen and oxygen atoms in total. The van der Waals surface area contributed by atoms with Crippen LogP contribution in [0.15, 0.2) is 36.7 Å². The summed E-state index contributed by atoms with van der Waals surface area (Å²) in [6.45, 7) is 5.68. The summed E-state index contributed by atoms with van der Waals surface area (Å²) in [7, 11) is 0. The van der Waals surface area contributed by atoms with Gasteiger partial charge in [0.2, 0.25) is 0 Å². The van der Waals surface area contributed by atoms with Gasteiger partial charge in [-0.25, -0.2) is 4.79 Å². The van der Waals surface area contributed by atoms with Crippen LogP contribution in [0, 0.1) is 5.92 Å². The van der Waals surface area contributed by atoms with Crippen LogP contribution in [0.25, 0.3) is 10.8 Å². The number of piperidine rings is 2. The molecule has 0 saturated carbocycles. The molecule has 5 heteroatoms. The Labute approximate surface area is 166 Å². The molecule has 148 valence electrons. The molecule has 0 spiro atoms. The molecule has 2 atom stereocenters. The lowest BCUT2D eigenvalue weighted by Crippen LogP contribution is -2.56. The summed E-state index contributed by atoms with van der Waals surface area (Å²) in [5.41, 5.74) is 0.243. The van der Waals surface area contributed by atoms with Crippen molar-refractivity contribution in [3.8, 4) is 0 Å². The van der Waals surface area contributed by atoms with Crippen LogP contribution < -0.4 is 0 Å². The van der Waals surface area contributed by atoms with Crippen molar-refractivity contribution in [2.24, 2.45) is 5.92 Å². The maximum atomic E-state index is 13.4. The van der Waals surface area contributed by atoms with Crippen LogP contribution in [-0.2, 0) is 4.74 Å². The predicted molar refractivity (Wildman–Crippen MR) is 108 cm³/mol. The average molecular weight is 380 g/mol. The lowest BCUT2D eigenvalue weighted by atomic mass is 9.75. The van der Waals surface area contributed by atoms with Gasteiger partial charge in [0.15, 0.2) is 5.78 Å². The van der Waals surface area contributed by atoms with Gasteiger partial charge >= 0.3 is 6.09 Å². The van der Waals surface area contributed by atoms with Crippen LogP contribution in [0.5, 0.6) is 0 Å². The van der Waals surface area contributed by atoms with Crippen molar-refractivity contribution in [3.05, 3.63) is 42.2 Å². The van der Waals surface area contributed by atoms with Crippen LogP contribution >= 0.6 is 0 Å². The Morgan fingerprint density at radius 1 is 1.11 bits per heavy atom. The Bertz CT molecular complexity index is 883. The highest BCUT2D eigenvalue weighted by Gasteiger charge is 2.44. The summed E-state index contributed by atoms with van der Waals surface area (Å²) < 4.78 is 5.65. The number of carbonyl (C=O) groups excluding carboxylic acids is 2. The van der Waals surface area contributed by atoms with Crippen LogP contribution in [0.3, 0.4) is 0 Å². The van der Waals surface area contributed by atoms with Crippen molar-refractivity contribution in [2.75, 3.05) is 0 Å². The largest absolute Gasteiger partial charge is 0.444 e. The number of ether oxygens (including phenoxy) is 1. The van der Waals surface area contributed by atoms with Gasteiger partial charge in [-0.05, 0) is 64.3 Å². The number of rotatable bonds is 2. The zero-order chi connectivity index (χ0) is 19.9. The second-order valence-corrected chi connectivity index (χ2v) is 9.06. The average Bonchev–Trinajstić information content (AvgIpc) is 2.64. The number of ketones is 1. The van der Waals surface area contributed by atoms with Gasteiger partial charge in [-0.3, -0.25) is 9.78 Å². The van der Waals surface area contributed by atoms with Crippen molar-refractivity contribution < 1.29 is 14.3 Å². The van der Waals surface area contributed by atoms with Gasteiger partial charge in [-0.1, -0.05) is 18.2 Å². The number of fused-ring (bicyclic) bond motifs is 3. The number of Topliss-reactive ketones (excluding diaryl/α,β-unsaturated/α-hetero) is 1. The van der Waals surface area contributed by atoms with E-state index in [4.69, 9.17) is 4.74 Å². The third kappa shape index (κ3) is 3.62. The van der Waals surface area contributed by atoms with Crippen LogP contribution in [0.2, 0.25) is 0 Å². The van der Waals surface area contributed by atoms with Crippen molar-refractivity contribution in [1.82, 2.24) is 9.88 Å². The van der Waals surface area contributed by atoms with Crippen LogP contribution in [0.4, 0.5) is 4.79 Å². The third-order valence-electron chi connectivity index (χ3n) is 5.90. The van der Waals surface area contributed by atoms with Gasteiger partial charge in [-0.15, -0.1) is 0 Å². The fraction of sp³-hybridized carbons (Fsp3) is 0.522. The van der Waals surface area contributed by atoms with E-state index in [1.807, 2.05) is 49.9 Å². The SMILES string of the molecule is CC(C)(C)OC(=O)N1C2CCCC1CC(C(=O)c1cccc3ccncc13)C2. The minimum Gasteiger partial charge on any atom is -0.444 e. The Morgan fingerprint density at radius 2 is 1.82 bits per heavy atom. The number of carbonyl (C=O) groups is 2. The van der Waals surface area contributed by atoms with E-state index in [0.717, 1.165) is 35.6 Å². The molecule has 2 unspecified atom stereocenters. The first-order valence-electron chi connectivity index (χ1n) is 10.2. The molecule has 0 radical (unpaired) electrons. The summed E-state index contributed by atoms with van der Waals surface area (Å²) >= 11 is 0. The molecule has 2 aliphatic heterocycles. The second-order valence-electron chi connectivity index (χ2n) is 9.06. The van der Waals surface area contributed by atoms with E-state index >= 15 is 0 Å². The van der Waals surface area contributed by atoms with Gasteiger partial charge < -0.3 is 9.64 Å². The zero-order valence-electron chi connectivity index (χ0n) is 16.9. The molecule has 3 heterocycles. The number of nitrogens with zero attached hydrogens (tertiary/aromatic N) is 2. The zero-order valence-corrected chi connectivity index (χ0v) is 16.9. The van der Waals surface area contributed by atoms with Gasteiger partial charge in [-0.2, -0.15) is 0 Å². The monoisotopic (exact) mass is 380 g/mol. The maximum absolute atomic E-state index is 13.4. The lowest BCUT2D eigenvalue weighted by Gasteiger charge is -2.48. The quantitative estimate of drug-likeness (QED) is 0.689. The van der Waals surface area contributed by atoms with Crippen LogP contribution in [0.1, 0.15) is 63.2 Å². The molecular formula is C23H28N2O3. The van der Waals surface area contributed by atoms with Gasteiger partial charge in [0, 0.05) is 41.3 Å². The predicted octanol–water partition coefficient (Wildman–Crippen LogP) is 4.99. The highest BCUT2D eigenvalue weighted by molar-refractivity contribution is 6.09. The molecule has 2 fully saturated rings. The third-order valence-corrected chi connectivity index (χ3v) is 5.90. The lowest BCUT2D eigenvalue weighted by molar-refractivity contribution is -0.0260. The minimum atomic E-state index is -0.506. The van der Waals surface area contributed by atoms with E-state index in [1.165, 1.54) is 0 Å². The van der Waals surface area contributed by atoms with Crippen molar-refractivity contribution in [2.45, 2.75) is 70.6 Å². The molecule has 1 amide bonds. The summed E-state index contributed by atoms with van der Waals surface area (Å²) in [5, 5.41) is 1.95. The number of aromatic nitrogens is 1. The Hall–Kier alpha value is -2.43. The van der Waals surface area contributed by atoms with Crippen molar-refractivity contribution in [3.63, 3.8) is 0 Å². The van der Waals surface area contributed by atoms with Crippen LogP contribution in [-0.4, -0.2) is 39.4 Å². The smallest absolute Gasteiger partial charge is 0.410 e. The van der Waals surface area contributed by atoms with E-state index in [0.29, 0.717) is 12.8 Å². The number of hydrogen-bond acceptors (Lipinski definition) is 4. The summed E-state index contributed by atoms with van der Waals surface area (Å²) in [6.07, 6.45) is 7.71. The first-order chi connectivity index (χ1) is 13.3. The van der Waals surface area contributed by atoms with Gasteiger partial charge in [0.05, 0.1) is 0 Å². The molecule has 2 bridgehead atoms. The molecule has 4 rings (SSSR count). The Balaban J connectivity index is 1.57. The highest BCUT2D eigenvalue weighted by Crippen LogP contribution is 2.39. The van der Waals surface area contributed by atoms with E-state index in [-0.39, 0.29) is 29.9 Å². The van der Waals surface area contributed by atoms with Crippen molar-refractivity contribution >= 4 is 22.6 Å². The number of pyridine rings is 1. The second kappa shape index (κ2) is 7.19. The van der Waals surface area contributed by atoms with Crippen molar-refractivity contribution in [1.29, 1.82) is 0 Å². The fourth-order valence-corrected chi connectivity index (χ4v) is 4.76.